The van der Waals surface area contributed by atoms with Gasteiger partial charge in [-0.25, -0.2) is 21.1 Å². The van der Waals surface area contributed by atoms with Gasteiger partial charge in [0.2, 0.25) is 10.0 Å². The molecule has 0 saturated heterocycles. The Morgan fingerprint density at radius 1 is 0.966 bits per heavy atom. The van der Waals surface area contributed by atoms with Gasteiger partial charge in [0.25, 0.3) is 10.0 Å². The van der Waals surface area contributed by atoms with E-state index in [0.29, 0.717) is 15.7 Å². The molecule has 2 aromatic carbocycles. The van der Waals surface area contributed by atoms with Crippen molar-refractivity contribution in [3.05, 3.63) is 54.9 Å². The molecule has 1 aromatic heterocycles. The molecular weight excluding hydrogens is 434 g/mol. The van der Waals surface area contributed by atoms with Gasteiger partial charge in [0, 0.05) is 26.0 Å². The molecule has 3 rings (SSSR count). The van der Waals surface area contributed by atoms with Crippen LogP contribution >= 0.6 is 11.8 Å². The van der Waals surface area contributed by atoms with Gasteiger partial charge in [-0.2, -0.15) is 0 Å². The van der Waals surface area contributed by atoms with Crippen molar-refractivity contribution in [2.24, 2.45) is 7.05 Å². The molecule has 0 fully saturated rings. The molecule has 1 N–H and O–H groups in total. The third-order valence-electron chi connectivity index (χ3n) is 3.92. The first-order chi connectivity index (χ1) is 13.6. The maximum absolute atomic E-state index is 12.8. The van der Waals surface area contributed by atoms with Crippen molar-refractivity contribution in [3.63, 3.8) is 0 Å². The number of aromatic nitrogens is 3. The zero-order chi connectivity index (χ0) is 21.2. The van der Waals surface area contributed by atoms with Crippen molar-refractivity contribution in [1.29, 1.82) is 0 Å². The smallest absolute Gasteiger partial charge is 0.261 e. The summed E-state index contributed by atoms with van der Waals surface area (Å²) in [6.07, 6.45) is 1.55. The Kier molecular flexibility index (Phi) is 5.98. The predicted octanol–water partition coefficient (Wildman–Crippen LogP) is 2.02. The number of nitrogens with zero attached hydrogens (tertiary/aromatic N) is 4. The average molecular weight is 454 g/mol. The summed E-state index contributed by atoms with van der Waals surface area (Å²) < 4.78 is 55.3. The van der Waals surface area contributed by atoms with Crippen LogP contribution < -0.4 is 4.72 Å². The minimum absolute atomic E-state index is 0.0136. The molecule has 0 atom stereocenters. The summed E-state index contributed by atoms with van der Waals surface area (Å²) in [4.78, 5) is 0.618. The molecule has 0 amide bonds. The Hall–Kier alpha value is -2.41. The van der Waals surface area contributed by atoms with Gasteiger partial charge in [-0.3, -0.25) is 4.72 Å². The number of anilines is 1. The highest BCUT2D eigenvalue weighted by Gasteiger charge is 2.21. The zero-order valence-corrected chi connectivity index (χ0v) is 18.3. The van der Waals surface area contributed by atoms with Gasteiger partial charge in [0.05, 0.1) is 15.5 Å². The van der Waals surface area contributed by atoms with E-state index in [0.717, 1.165) is 4.31 Å². The zero-order valence-electron chi connectivity index (χ0n) is 15.8. The van der Waals surface area contributed by atoms with E-state index in [9.17, 15) is 16.8 Å². The number of aryl methyl sites for hydroxylation is 1. The maximum Gasteiger partial charge on any atom is 0.261 e. The molecule has 3 aromatic rings. The van der Waals surface area contributed by atoms with Crippen molar-refractivity contribution in [1.82, 2.24) is 19.1 Å². The third-order valence-corrected chi connectivity index (χ3v) is 8.25. The number of nitrogens with one attached hydrogen (secondary N) is 1. The summed E-state index contributed by atoms with van der Waals surface area (Å²) in [6.45, 7) is 0. The molecule has 9 nitrogen and oxygen atoms in total. The molecule has 0 aliphatic carbocycles. The predicted molar refractivity (Wildman–Crippen MR) is 110 cm³/mol. The Labute approximate surface area is 173 Å². The van der Waals surface area contributed by atoms with Gasteiger partial charge >= 0.3 is 0 Å². The minimum atomic E-state index is -3.92. The number of hydrogen-bond acceptors (Lipinski definition) is 7. The van der Waals surface area contributed by atoms with E-state index >= 15 is 0 Å². The fourth-order valence-corrected chi connectivity index (χ4v) is 5.21. The summed E-state index contributed by atoms with van der Waals surface area (Å²) in [5.74, 6) is 0. The molecule has 154 valence electrons. The Bertz CT molecular complexity index is 1220. The first-order valence-electron chi connectivity index (χ1n) is 8.27. The lowest BCUT2D eigenvalue weighted by molar-refractivity contribution is 0.520. The summed E-state index contributed by atoms with van der Waals surface area (Å²) >= 11 is 1.27. The molecular formula is C17H19N5O4S3. The first-order valence-corrected chi connectivity index (χ1v) is 12.0. The van der Waals surface area contributed by atoms with Crippen LogP contribution in [0.2, 0.25) is 0 Å². The number of rotatable bonds is 7. The van der Waals surface area contributed by atoms with E-state index in [-0.39, 0.29) is 9.79 Å². The van der Waals surface area contributed by atoms with E-state index < -0.39 is 20.0 Å². The van der Waals surface area contributed by atoms with Crippen molar-refractivity contribution in [2.75, 3.05) is 18.8 Å². The topological polar surface area (TPSA) is 114 Å². The highest BCUT2D eigenvalue weighted by Crippen LogP contribution is 2.33. The molecule has 0 unspecified atom stereocenters. The average Bonchev–Trinajstić information content (AvgIpc) is 3.08. The summed E-state index contributed by atoms with van der Waals surface area (Å²) in [7, 11) is -2.95. The highest BCUT2D eigenvalue weighted by atomic mass is 32.2. The van der Waals surface area contributed by atoms with Crippen LogP contribution in [0.4, 0.5) is 5.69 Å². The van der Waals surface area contributed by atoms with Crippen molar-refractivity contribution in [2.45, 2.75) is 19.8 Å². The largest absolute Gasteiger partial charge is 0.311 e. The van der Waals surface area contributed by atoms with Gasteiger partial charge in [0.1, 0.15) is 6.33 Å². The SMILES string of the molecule is CN(C)S(=O)(=O)c1ccc(S(=O)(=O)Nc2ccccc2Sc2nncn2C)cc1. The molecule has 0 radical (unpaired) electrons. The number of para-hydroxylation sites is 1. The van der Waals surface area contributed by atoms with Crippen molar-refractivity contribution >= 4 is 37.5 Å². The van der Waals surface area contributed by atoms with Crippen LogP contribution in [0.5, 0.6) is 0 Å². The molecule has 29 heavy (non-hydrogen) atoms. The maximum atomic E-state index is 12.8. The standard InChI is InChI=1S/C17H19N5O4S3/c1-21(2)29(25,26)14-10-8-13(9-11-14)28(23,24)20-15-6-4-5-7-16(15)27-17-19-18-12-22(17)3/h4-12,20H,1-3H3. The molecule has 0 aliphatic heterocycles. The van der Waals surface area contributed by atoms with Crippen LogP contribution in [0.25, 0.3) is 0 Å². The van der Waals surface area contributed by atoms with Crippen LogP contribution in [-0.2, 0) is 27.1 Å². The monoisotopic (exact) mass is 453 g/mol. The van der Waals surface area contributed by atoms with Crippen LogP contribution in [0, 0.1) is 0 Å². The molecule has 12 heteroatoms. The lowest BCUT2D eigenvalue weighted by Gasteiger charge is -2.13. The van der Waals surface area contributed by atoms with Crippen LogP contribution in [0.15, 0.2) is 74.7 Å². The second kappa shape index (κ2) is 8.14. The number of benzene rings is 2. The molecule has 0 spiro atoms. The summed E-state index contributed by atoms with van der Waals surface area (Å²) in [6, 6.07) is 12.0. The fraction of sp³-hybridized carbons (Fsp3) is 0.176. The normalized spacial score (nSPS) is 12.3. The van der Waals surface area contributed by atoms with Gasteiger partial charge in [-0.15, -0.1) is 10.2 Å². The summed E-state index contributed by atoms with van der Waals surface area (Å²) in [5.41, 5.74) is 0.380. The summed E-state index contributed by atoms with van der Waals surface area (Å²) in [5, 5.41) is 8.41. The van der Waals surface area contributed by atoms with E-state index in [4.69, 9.17) is 0 Å². The second-order valence-corrected chi connectivity index (χ2v) is 11.0. The Balaban J connectivity index is 1.88. The van der Waals surface area contributed by atoms with E-state index in [1.807, 2.05) is 0 Å². The van der Waals surface area contributed by atoms with Gasteiger partial charge in [-0.05, 0) is 48.2 Å². The lowest BCUT2D eigenvalue weighted by atomic mass is 10.3. The van der Waals surface area contributed by atoms with Gasteiger partial charge < -0.3 is 4.57 Å². The van der Waals surface area contributed by atoms with Crippen molar-refractivity contribution in [3.8, 4) is 0 Å². The quantitative estimate of drug-likeness (QED) is 0.582. The molecule has 1 heterocycles. The number of hydrogen-bond donors (Lipinski definition) is 1. The van der Waals surface area contributed by atoms with Crippen LogP contribution in [-0.4, -0.2) is 50.0 Å². The molecule has 0 aliphatic rings. The highest BCUT2D eigenvalue weighted by molar-refractivity contribution is 7.99. The van der Waals surface area contributed by atoms with E-state index in [1.54, 1.807) is 42.2 Å². The third kappa shape index (κ3) is 4.61. The van der Waals surface area contributed by atoms with Crippen LogP contribution in [0.3, 0.4) is 0 Å². The molecule has 0 bridgehead atoms. The Morgan fingerprint density at radius 3 is 2.17 bits per heavy atom. The van der Waals surface area contributed by atoms with Gasteiger partial charge in [0.15, 0.2) is 5.16 Å². The minimum Gasteiger partial charge on any atom is -0.311 e. The molecule has 0 saturated carbocycles. The first kappa shape index (κ1) is 21.3. The van der Waals surface area contributed by atoms with Gasteiger partial charge in [-0.1, -0.05) is 12.1 Å². The lowest BCUT2D eigenvalue weighted by Crippen LogP contribution is -2.22. The van der Waals surface area contributed by atoms with Crippen LogP contribution in [0.1, 0.15) is 0 Å². The second-order valence-electron chi connectivity index (χ2n) is 6.19. The fourth-order valence-electron chi connectivity index (χ4n) is 2.31. The van der Waals surface area contributed by atoms with E-state index in [2.05, 4.69) is 14.9 Å². The number of sulfonamides is 2. The van der Waals surface area contributed by atoms with E-state index in [1.165, 1.54) is 50.1 Å². The van der Waals surface area contributed by atoms with Crippen molar-refractivity contribution < 1.29 is 16.8 Å². The Morgan fingerprint density at radius 2 is 1.59 bits per heavy atom.